The maximum absolute atomic E-state index is 10.6. The van der Waals surface area contributed by atoms with Crippen LogP contribution in [-0.4, -0.2) is 11.1 Å². The van der Waals surface area contributed by atoms with Gasteiger partial charge < -0.3 is 5.11 Å². The molecule has 0 saturated carbocycles. The lowest BCUT2D eigenvalue weighted by atomic mass is 9.71. The molecule has 1 unspecified atom stereocenters. The van der Waals surface area contributed by atoms with Gasteiger partial charge in [-0.05, 0) is 30.4 Å². The first-order chi connectivity index (χ1) is 7.62. The molecule has 1 aliphatic carbocycles. The quantitative estimate of drug-likeness (QED) is 0.772. The first-order valence-electron chi connectivity index (χ1n) is 5.62. The lowest BCUT2D eigenvalue weighted by Crippen LogP contribution is -2.25. The molecule has 0 aliphatic heterocycles. The molecule has 0 saturated heterocycles. The molecular weight excluding hydrogens is 200 g/mol. The van der Waals surface area contributed by atoms with E-state index in [1.54, 1.807) is 0 Å². The molecular formula is C14H16O2. The zero-order valence-corrected chi connectivity index (χ0v) is 9.44. The summed E-state index contributed by atoms with van der Waals surface area (Å²) < 4.78 is 0. The fourth-order valence-corrected chi connectivity index (χ4v) is 2.50. The van der Waals surface area contributed by atoms with Crippen LogP contribution in [0.2, 0.25) is 0 Å². The molecule has 1 aromatic carbocycles. The van der Waals surface area contributed by atoms with Crippen molar-refractivity contribution in [2.45, 2.75) is 31.6 Å². The summed E-state index contributed by atoms with van der Waals surface area (Å²) in [7, 11) is 0. The Labute approximate surface area is 95.6 Å². The number of hydrogen-bond donors (Lipinski definition) is 1. The van der Waals surface area contributed by atoms with Crippen LogP contribution in [0.15, 0.2) is 36.4 Å². The number of allylic oxidation sites excluding steroid dienone is 1. The number of aliphatic carboxylic acids is 1. The van der Waals surface area contributed by atoms with Gasteiger partial charge in [-0.15, -0.1) is 0 Å². The van der Waals surface area contributed by atoms with Crippen molar-refractivity contribution in [2.75, 3.05) is 0 Å². The van der Waals surface area contributed by atoms with Crippen molar-refractivity contribution in [3.8, 4) is 0 Å². The van der Waals surface area contributed by atoms with Gasteiger partial charge in [-0.25, -0.2) is 4.79 Å². The molecule has 0 bridgehead atoms. The van der Waals surface area contributed by atoms with Crippen molar-refractivity contribution in [1.29, 1.82) is 0 Å². The van der Waals surface area contributed by atoms with E-state index in [1.807, 2.05) is 18.2 Å². The third-order valence-electron chi connectivity index (χ3n) is 3.37. The van der Waals surface area contributed by atoms with E-state index in [1.165, 1.54) is 17.2 Å². The molecule has 84 valence electrons. The van der Waals surface area contributed by atoms with E-state index in [9.17, 15) is 4.79 Å². The molecule has 2 heteroatoms. The first-order valence-corrected chi connectivity index (χ1v) is 5.62. The third-order valence-corrected chi connectivity index (χ3v) is 3.37. The number of benzene rings is 1. The number of rotatable bonds is 2. The summed E-state index contributed by atoms with van der Waals surface area (Å²) in [4.78, 5) is 10.6. The molecule has 0 radical (unpaired) electrons. The van der Waals surface area contributed by atoms with Crippen molar-refractivity contribution in [1.82, 2.24) is 0 Å². The fourth-order valence-electron chi connectivity index (χ4n) is 2.50. The van der Waals surface area contributed by atoms with Crippen LogP contribution in [0.3, 0.4) is 0 Å². The SMILES string of the molecule is CC1(/C=C/C(=O)O)CCCc2ccccc21. The van der Waals surface area contributed by atoms with Gasteiger partial charge in [0, 0.05) is 11.5 Å². The zero-order chi connectivity index (χ0) is 11.6. The van der Waals surface area contributed by atoms with Crippen molar-refractivity contribution < 1.29 is 9.90 Å². The van der Waals surface area contributed by atoms with Crippen LogP contribution in [0.25, 0.3) is 0 Å². The van der Waals surface area contributed by atoms with E-state index in [2.05, 4.69) is 19.1 Å². The Morgan fingerprint density at radius 1 is 1.44 bits per heavy atom. The smallest absolute Gasteiger partial charge is 0.328 e. The molecule has 0 heterocycles. The number of hydrogen-bond acceptors (Lipinski definition) is 1. The molecule has 0 aromatic heterocycles. The Bertz CT molecular complexity index is 434. The average Bonchev–Trinajstić information content (AvgIpc) is 2.27. The van der Waals surface area contributed by atoms with Gasteiger partial charge >= 0.3 is 5.97 Å². The topological polar surface area (TPSA) is 37.3 Å². The van der Waals surface area contributed by atoms with E-state index < -0.39 is 5.97 Å². The van der Waals surface area contributed by atoms with Crippen LogP contribution in [0.5, 0.6) is 0 Å². The number of carboxylic acid groups (broad SMARTS) is 1. The Morgan fingerprint density at radius 2 is 2.19 bits per heavy atom. The normalized spacial score (nSPS) is 24.3. The maximum atomic E-state index is 10.6. The summed E-state index contributed by atoms with van der Waals surface area (Å²) in [5, 5.41) is 8.72. The summed E-state index contributed by atoms with van der Waals surface area (Å²) in [5.41, 5.74) is 2.51. The molecule has 0 fully saturated rings. The number of aryl methyl sites for hydroxylation is 1. The second kappa shape index (κ2) is 4.12. The highest BCUT2D eigenvalue weighted by Gasteiger charge is 2.29. The summed E-state index contributed by atoms with van der Waals surface area (Å²) in [6.45, 7) is 2.12. The van der Waals surface area contributed by atoms with Crippen molar-refractivity contribution in [2.24, 2.45) is 0 Å². The minimum atomic E-state index is -0.871. The van der Waals surface area contributed by atoms with Crippen LogP contribution in [0.4, 0.5) is 0 Å². The van der Waals surface area contributed by atoms with Crippen LogP contribution < -0.4 is 0 Å². The molecule has 1 aromatic rings. The molecule has 1 atom stereocenters. The van der Waals surface area contributed by atoms with E-state index in [-0.39, 0.29) is 5.41 Å². The highest BCUT2D eigenvalue weighted by Crippen LogP contribution is 2.37. The van der Waals surface area contributed by atoms with Crippen LogP contribution in [0, 0.1) is 0 Å². The summed E-state index contributed by atoms with van der Waals surface area (Å²) in [5.74, 6) is -0.871. The first kappa shape index (κ1) is 10.9. The van der Waals surface area contributed by atoms with Gasteiger partial charge in [0.2, 0.25) is 0 Å². The van der Waals surface area contributed by atoms with Gasteiger partial charge in [-0.1, -0.05) is 37.3 Å². The van der Waals surface area contributed by atoms with Gasteiger partial charge in [0.25, 0.3) is 0 Å². The second-order valence-electron chi connectivity index (χ2n) is 4.60. The highest BCUT2D eigenvalue weighted by atomic mass is 16.4. The number of carboxylic acids is 1. The predicted octanol–water partition coefficient (Wildman–Crippen LogP) is 2.92. The Balaban J connectivity index is 2.40. The van der Waals surface area contributed by atoms with E-state index >= 15 is 0 Å². The van der Waals surface area contributed by atoms with Crippen molar-refractivity contribution in [3.05, 3.63) is 47.5 Å². The molecule has 1 N–H and O–H groups in total. The number of fused-ring (bicyclic) bond motifs is 1. The van der Waals surface area contributed by atoms with Gasteiger partial charge in [0.05, 0.1) is 0 Å². The summed E-state index contributed by atoms with van der Waals surface area (Å²) in [6, 6.07) is 8.32. The van der Waals surface area contributed by atoms with Crippen molar-refractivity contribution in [3.63, 3.8) is 0 Å². The number of carbonyl (C=O) groups is 1. The fraction of sp³-hybridized carbons (Fsp3) is 0.357. The van der Waals surface area contributed by atoms with Crippen LogP contribution in [-0.2, 0) is 16.6 Å². The van der Waals surface area contributed by atoms with E-state index in [0.717, 1.165) is 19.3 Å². The lowest BCUT2D eigenvalue weighted by molar-refractivity contribution is -0.131. The predicted molar refractivity (Wildman–Crippen MR) is 63.5 cm³/mol. The Kier molecular flexibility index (Phi) is 2.82. The van der Waals surface area contributed by atoms with Gasteiger partial charge in [-0.3, -0.25) is 0 Å². The molecule has 2 nitrogen and oxygen atoms in total. The molecule has 0 amide bonds. The average molecular weight is 216 g/mol. The highest BCUT2D eigenvalue weighted by molar-refractivity contribution is 5.80. The second-order valence-corrected chi connectivity index (χ2v) is 4.60. The monoisotopic (exact) mass is 216 g/mol. The van der Waals surface area contributed by atoms with Gasteiger partial charge in [0.1, 0.15) is 0 Å². The van der Waals surface area contributed by atoms with Gasteiger partial charge in [-0.2, -0.15) is 0 Å². The largest absolute Gasteiger partial charge is 0.478 e. The standard InChI is InChI=1S/C14H16O2/c1-14(10-8-13(15)16)9-4-6-11-5-2-3-7-12(11)14/h2-3,5,7-8,10H,4,6,9H2,1H3,(H,15,16)/b10-8+. The Morgan fingerprint density at radius 3 is 2.94 bits per heavy atom. The lowest BCUT2D eigenvalue weighted by Gasteiger charge is -2.33. The molecule has 16 heavy (non-hydrogen) atoms. The minimum Gasteiger partial charge on any atom is -0.478 e. The summed E-state index contributed by atoms with van der Waals surface area (Å²) >= 11 is 0. The third kappa shape index (κ3) is 2.01. The molecule has 0 spiro atoms. The molecule has 2 rings (SSSR count). The van der Waals surface area contributed by atoms with Gasteiger partial charge in [0.15, 0.2) is 0 Å². The maximum Gasteiger partial charge on any atom is 0.328 e. The molecule has 1 aliphatic rings. The Hall–Kier alpha value is -1.57. The zero-order valence-electron chi connectivity index (χ0n) is 9.44. The van der Waals surface area contributed by atoms with Crippen LogP contribution in [0.1, 0.15) is 30.9 Å². The van der Waals surface area contributed by atoms with Crippen molar-refractivity contribution >= 4 is 5.97 Å². The minimum absolute atomic E-state index is 0.118. The van der Waals surface area contributed by atoms with E-state index in [0.29, 0.717) is 0 Å². The van der Waals surface area contributed by atoms with Crippen LogP contribution >= 0.6 is 0 Å². The summed E-state index contributed by atoms with van der Waals surface area (Å²) in [6.07, 6.45) is 6.34. The van der Waals surface area contributed by atoms with E-state index in [4.69, 9.17) is 5.11 Å².